The summed E-state index contributed by atoms with van der Waals surface area (Å²) in [5, 5.41) is 3.92. The molecule has 0 amide bonds. The molecule has 3 nitrogen and oxygen atoms in total. The van der Waals surface area contributed by atoms with Crippen LogP contribution in [-0.4, -0.2) is 10.5 Å². The van der Waals surface area contributed by atoms with E-state index in [1.807, 2.05) is 12.1 Å². The smallest absolute Gasteiger partial charge is 0.209 e. The van der Waals surface area contributed by atoms with Gasteiger partial charge < -0.3 is 9.73 Å². The lowest BCUT2D eigenvalue weighted by Gasteiger charge is -2.18. The van der Waals surface area contributed by atoms with Crippen molar-refractivity contribution in [1.82, 2.24) is 10.3 Å². The second-order valence-corrected chi connectivity index (χ2v) is 5.21. The molecular formula is C12H15ClN2O. The largest absolute Gasteiger partial charge is 0.438 e. The van der Waals surface area contributed by atoms with E-state index in [1.54, 1.807) is 6.07 Å². The van der Waals surface area contributed by atoms with Crippen molar-refractivity contribution < 1.29 is 4.42 Å². The number of hydrogen-bond donors (Lipinski definition) is 1. The molecule has 2 rings (SSSR count). The first kappa shape index (κ1) is 11.4. The third kappa shape index (κ3) is 2.54. The minimum Gasteiger partial charge on any atom is -0.438 e. The van der Waals surface area contributed by atoms with Crippen molar-refractivity contribution in [3.05, 3.63) is 29.1 Å². The molecule has 0 aliphatic heterocycles. The van der Waals surface area contributed by atoms with E-state index in [4.69, 9.17) is 16.0 Å². The Morgan fingerprint density at radius 3 is 2.75 bits per heavy atom. The second-order valence-electron chi connectivity index (χ2n) is 4.80. The molecule has 0 atom stereocenters. The van der Waals surface area contributed by atoms with Crippen molar-refractivity contribution in [2.45, 2.75) is 32.9 Å². The van der Waals surface area contributed by atoms with Crippen LogP contribution in [0.15, 0.2) is 22.6 Å². The van der Waals surface area contributed by atoms with Crippen molar-refractivity contribution >= 4 is 22.7 Å². The molecule has 2 aromatic rings. The minimum absolute atomic E-state index is 0.0461. The summed E-state index contributed by atoms with van der Waals surface area (Å²) in [5.41, 5.74) is 1.51. The molecule has 1 aromatic heterocycles. The maximum Gasteiger partial charge on any atom is 0.209 e. The Bertz CT molecular complexity index is 499. The Kier molecular flexibility index (Phi) is 2.91. The molecule has 0 aliphatic rings. The zero-order valence-electron chi connectivity index (χ0n) is 9.67. The van der Waals surface area contributed by atoms with Gasteiger partial charge in [0.05, 0.1) is 11.6 Å². The van der Waals surface area contributed by atoms with Crippen LogP contribution in [0.25, 0.3) is 11.1 Å². The maximum absolute atomic E-state index is 6.01. The number of halogens is 1. The molecule has 0 saturated heterocycles. The average molecular weight is 239 g/mol. The number of rotatable bonds is 2. The van der Waals surface area contributed by atoms with Gasteiger partial charge in [-0.05, 0) is 32.9 Å². The lowest BCUT2D eigenvalue weighted by Crippen LogP contribution is -2.35. The number of fused-ring (bicyclic) bond motifs is 1. The number of oxazole rings is 1. The van der Waals surface area contributed by atoms with E-state index >= 15 is 0 Å². The van der Waals surface area contributed by atoms with Gasteiger partial charge in [-0.15, -0.1) is 0 Å². The normalized spacial score (nSPS) is 12.2. The number of para-hydroxylation sites is 1. The lowest BCUT2D eigenvalue weighted by molar-refractivity contribution is 0.388. The van der Waals surface area contributed by atoms with Crippen LogP contribution in [0, 0.1) is 0 Å². The van der Waals surface area contributed by atoms with Gasteiger partial charge in [-0.3, -0.25) is 0 Å². The topological polar surface area (TPSA) is 38.1 Å². The summed E-state index contributed by atoms with van der Waals surface area (Å²) < 4.78 is 5.59. The molecule has 16 heavy (non-hydrogen) atoms. The highest BCUT2D eigenvalue weighted by Gasteiger charge is 2.12. The molecule has 0 aliphatic carbocycles. The lowest BCUT2D eigenvalue weighted by atomic mass is 10.1. The molecule has 0 bridgehead atoms. The van der Waals surface area contributed by atoms with Crippen LogP contribution in [0.5, 0.6) is 0 Å². The third-order valence-electron chi connectivity index (χ3n) is 2.18. The van der Waals surface area contributed by atoms with E-state index in [2.05, 4.69) is 31.1 Å². The molecular weight excluding hydrogens is 224 g/mol. The molecule has 0 unspecified atom stereocenters. The molecule has 0 saturated carbocycles. The Morgan fingerprint density at radius 2 is 2.12 bits per heavy atom. The Morgan fingerprint density at radius 1 is 1.38 bits per heavy atom. The molecule has 4 heteroatoms. The fraction of sp³-hybridized carbons (Fsp3) is 0.417. The summed E-state index contributed by atoms with van der Waals surface area (Å²) in [6.45, 7) is 6.91. The average Bonchev–Trinajstić information content (AvgIpc) is 2.58. The van der Waals surface area contributed by atoms with E-state index in [0.29, 0.717) is 23.0 Å². The fourth-order valence-electron chi connectivity index (χ4n) is 1.38. The first-order valence-corrected chi connectivity index (χ1v) is 5.62. The van der Waals surface area contributed by atoms with Crippen LogP contribution in [0.3, 0.4) is 0 Å². The van der Waals surface area contributed by atoms with Gasteiger partial charge in [0.15, 0.2) is 5.58 Å². The van der Waals surface area contributed by atoms with E-state index < -0.39 is 0 Å². The van der Waals surface area contributed by atoms with Gasteiger partial charge in [0.2, 0.25) is 5.89 Å². The highest BCUT2D eigenvalue weighted by Crippen LogP contribution is 2.23. The van der Waals surface area contributed by atoms with Crippen molar-refractivity contribution in [3.63, 3.8) is 0 Å². The predicted molar refractivity (Wildman–Crippen MR) is 65.6 cm³/mol. The van der Waals surface area contributed by atoms with Gasteiger partial charge in [-0.25, -0.2) is 4.98 Å². The first-order chi connectivity index (χ1) is 7.46. The zero-order valence-corrected chi connectivity index (χ0v) is 10.4. The summed E-state index contributed by atoms with van der Waals surface area (Å²) >= 11 is 6.01. The maximum atomic E-state index is 6.01. The van der Waals surface area contributed by atoms with Gasteiger partial charge in [0.25, 0.3) is 0 Å². The third-order valence-corrected chi connectivity index (χ3v) is 2.48. The first-order valence-electron chi connectivity index (χ1n) is 5.25. The van der Waals surface area contributed by atoms with Crippen LogP contribution in [-0.2, 0) is 6.54 Å². The van der Waals surface area contributed by atoms with Gasteiger partial charge in [0, 0.05) is 5.54 Å². The van der Waals surface area contributed by atoms with Gasteiger partial charge in [0.1, 0.15) is 5.52 Å². The molecule has 86 valence electrons. The molecule has 0 fully saturated rings. The van der Waals surface area contributed by atoms with Crippen molar-refractivity contribution in [2.75, 3.05) is 0 Å². The molecule has 1 heterocycles. The van der Waals surface area contributed by atoms with E-state index in [9.17, 15) is 0 Å². The predicted octanol–water partition coefficient (Wildman–Crippen LogP) is 3.37. The van der Waals surface area contributed by atoms with Gasteiger partial charge >= 0.3 is 0 Å². The van der Waals surface area contributed by atoms with Crippen molar-refractivity contribution in [2.24, 2.45) is 0 Å². The Hall–Kier alpha value is -1.06. The minimum atomic E-state index is 0.0461. The SMILES string of the molecule is CC(C)(C)NCc1nc2cccc(Cl)c2o1. The number of benzene rings is 1. The summed E-state index contributed by atoms with van der Waals surface area (Å²) in [7, 11) is 0. The number of aromatic nitrogens is 1. The van der Waals surface area contributed by atoms with Crippen LogP contribution >= 0.6 is 11.6 Å². The summed E-state index contributed by atoms with van der Waals surface area (Å²) in [5.74, 6) is 0.665. The number of nitrogens with zero attached hydrogens (tertiary/aromatic N) is 1. The van der Waals surface area contributed by atoms with Crippen LogP contribution in [0.4, 0.5) is 0 Å². The van der Waals surface area contributed by atoms with Crippen molar-refractivity contribution in [1.29, 1.82) is 0 Å². The highest BCUT2D eigenvalue weighted by molar-refractivity contribution is 6.34. The van der Waals surface area contributed by atoms with Crippen LogP contribution in [0.1, 0.15) is 26.7 Å². The quantitative estimate of drug-likeness (QED) is 0.872. The number of nitrogens with one attached hydrogen (secondary N) is 1. The molecule has 1 aromatic carbocycles. The van der Waals surface area contributed by atoms with Gasteiger partial charge in [-0.2, -0.15) is 0 Å². The van der Waals surface area contributed by atoms with Crippen LogP contribution in [0.2, 0.25) is 5.02 Å². The Balaban J connectivity index is 2.24. The fourth-order valence-corrected chi connectivity index (χ4v) is 1.59. The standard InChI is InChI=1S/C12H15ClN2O/c1-12(2,3)14-7-10-15-9-6-4-5-8(13)11(9)16-10/h4-6,14H,7H2,1-3H3. The van der Waals surface area contributed by atoms with Crippen LogP contribution < -0.4 is 5.32 Å². The summed E-state index contributed by atoms with van der Waals surface area (Å²) in [6, 6.07) is 5.56. The molecule has 1 N–H and O–H groups in total. The van der Waals surface area contributed by atoms with E-state index in [-0.39, 0.29) is 5.54 Å². The summed E-state index contributed by atoms with van der Waals surface area (Å²) in [6.07, 6.45) is 0. The zero-order chi connectivity index (χ0) is 11.8. The molecule has 0 radical (unpaired) electrons. The monoisotopic (exact) mass is 238 g/mol. The highest BCUT2D eigenvalue weighted by atomic mass is 35.5. The van der Waals surface area contributed by atoms with Crippen molar-refractivity contribution in [3.8, 4) is 0 Å². The Labute approximate surface area is 99.8 Å². The second kappa shape index (κ2) is 4.07. The van der Waals surface area contributed by atoms with E-state index in [0.717, 1.165) is 5.52 Å². The molecule has 0 spiro atoms. The van der Waals surface area contributed by atoms with Gasteiger partial charge in [-0.1, -0.05) is 17.7 Å². The van der Waals surface area contributed by atoms with E-state index in [1.165, 1.54) is 0 Å². The number of hydrogen-bond acceptors (Lipinski definition) is 3. The summed E-state index contributed by atoms with van der Waals surface area (Å²) in [4.78, 5) is 4.36.